The first kappa shape index (κ1) is 24.0. The van der Waals surface area contributed by atoms with Gasteiger partial charge in [-0.05, 0) is 121 Å². The number of rotatable bonds is 6. The lowest BCUT2D eigenvalue weighted by atomic mass is 9.44. The molecule has 176 valence electrons. The fourth-order valence-electron chi connectivity index (χ4n) is 9.83. The van der Waals surface area contributed by atoms with Gasteiger partial charge in [0.1, 0.15) is 5.40 Å². The fraction of sp³-hybridized carbons (Fsp3) is 0.966. The zero-order valence-corrected chi connectivity index (χ0v) is 22.1. The Bertz CT molecular complexity index is 666. The van der Waals surface area contributed by atoms with Crippen LogP contribution in [0, 0.1) is 68.8 Å². The van der Waals surface area contributed by atoms with Crippen LogP contribution in [0.2, 0.25) is 0 Å². The van der Waals surface area contributed by atoms with Crippen molar-refractivity contribution >= 4 is 11.8 Å². The Morgan fingerprint density at radius 2 is 1.71 bits per heavy atom. The monoisotopic (exact) mass is 443 g/mol. The second-order valence-electron chi connectivity index (χ2n) is 13.4. The highest BCUT2D eigenvalue weighted by Gasteiger charge is 2.61. The van der Waals surface area contributed by atoms with Gasteiger partial charge in [-0.15, -0.1) is 0 Å². The van der Waals surface area contributed by atoms with Crippen LogP contribution in [0.4, 0.5) is 0 Å². The molecule has 0 bridgehead atoms. The lowest BCUT2D eigenvalue weighted by Crippen LogP contribution is -2.55. The van der Waals surface area contributed by atoms with E-state index >= 15 is 0 Å². The van der Waals surface area contributed by atoms with Crippen LogP contribution < -0.4 is 0 Å². The summed E-state index contributed by atoms with van der Waals surface area (Å²) >= 11 is 1.58. The second-order valence-corrected chi connectivity index (χ2v) is 14.4. The maximum Gasteiger partial charge on any atom is 0.133 e. The van der Waals surface area contributed by atoms with E-state index in [1.807, 2.05) is 0 Å². The predicted octanol–water partition coefficient (Wildman–Crippen LogP) is 8.94. The number of thioether (sulfide) groups is 1. The lowest BCUT2D eigenvalue weighted by molar-refractivity contribution is -0.120. The van der Waals surface area contributed by atoms with Gasteiger partial charge in [0.15, 0.2) is 0 Å². The van der Waals surface area contributed by atoms with Crippen molar-refractivity contribution < 1.29 is 0 Å². The normalized spacial score (nSPS) is 47.9. The molecule has 0 aromatic heterocycles. The van der Waals surface area contributed by atoms with Gasteiger partial charge in [-0.3, -0.25) is 0 Å². The maximum absolute atomic E-state index is 9.28. The number of hydrogen-bond acceptors (Lipinski definition) is 2. The predicted molar refractivity (Wildman–Crippen MR) is 135 cm³/mol. The van der Waals surface area contributed by atoms with Gasteiger partial charge in [0.2, 0.25) is 0 Å². The molecule has 10 atom stereocenters. The van der Waals surface area contributed by atoms with Crippen LogP contribution in [-0.4, -0.2) is 5.25 Å². The second kappa shape index (κ2) is 9.24. The molecule has 0 aromatic carbocycles. The molecule has 4 rings (SSSR count). The van der Waals surface area contributed by atoms with Crippen molar-refractivity contribution in [2.75, 3.05) is 0 Å². The molecule has 4 saturated carbocycles. The van der Waals surface area contributed by atoms with Gasteiger partial charge in [-0.1, -0.05) is 60.8 Å². The molecular weight excluding hydrogens is 394 g/mol. The Morgan fingerprint density at radius 3 is 2.42 bits per heavy atom. The summed E-state index contributed by atoms with van der Waals surface area (Å²) in [4.78, 5) is 0. The summed E-state index contributed by atoms with van der Waals surface area (Å²) in [5, 5.41) is 12.3. The maximum atomic E-state index is 9.28. The third-order valence-corrected chi connectivity index (χ3v) is 12.4. The van der Waals surface area contributed by atoms with Crippen molar-refractivity contribution in [3.63, 3.8) is 0 Å². The highest BCUT2D eigenvalue weighted by Crippen LogP contribution is 2.69. The summed E-state index contributed by atoms with van der Waals surface area (Å²) < 4.78 is 0. The first-order valence-corrected chi connectivity index (χ1v) is 14.6. The molecule has 0 spiro atoms. The van der Waals surface area contributed by atoms with Gasteiger partial charge in [0.05, 0.1) is 0 Å². The van der Waals surface area contributed by atoms with Crippen LogP contribution in [0.25, 0.3) is 0 Å². The number of fused-ring (bicyclic) bond motifs is 5. The van der Waals surface area contributed by atoms with Crippen molar-refractivity contribution in [2.24, 2.45) is 58.2 Å². The van der Waals surface area contributed by atoms with Gasteiger partial charge >= 0.3 is 0 Å². The molecule has 2 heteroatoms. The van der Waals surface area contributed by atoms with Gasteiger partial charge in [0.25, 0.3) is 0 Å². The highest BCUT2D eigenvalue weighted by molar-refractivity contribution is 8.04. The van der Waals surface area contributed by atoms with Crippen molar-refractivity contribution in [2.45, 2.75) is 117 Å². The van der Waals surface area contributed by atoms with Crippen LogP contribution in [0.1, 0.15) is 112 Å². The standard InChI is InChI=1S/C29H49NS/c1-19(2)8-7-9-20(3)24-12-13-25-23-11-10-22-16-27(31-18-30)21(4)17-29(22,6)26(23)14-15-28(24,25)5/h19-27H,7-17H2,1-6H3/t20-,21-,22+,23+,24-,25+,26+,27+,28-,29+/m1/s1. The third kappa shape index (κ3) is 4.24. The quantitative estimate of drug-likeness (QED) is 0.382. The Kier molecular flexibility index (Phi) is 7.14. The van der Waals surface area contributed by atoms with Gasteiger partial charge < -0.3 is 0 Å². The molecule has 0 unspecified atom stereocenters. The minimum atomic E-state index is 0.539. The van der Waals surface area contributed by atoms with E-state index in [-0.39, 0.29) is 0 Å². The van der Waals surface area contributed by atoms with Crippen LogP contribution in [0.15, 0.2) is 0 Å². The number of hydrogen-bond donors (Lipinski definition) is 0. The van der Waals surface area contributed by atoms with Gasteiger partial charge in [0, 0.05) is 5.25 Å². The largest absolute Gasteiger partial charge is 0.185 e. The van der Waals surface area contributed by atoms with E-state index < -0.39 is 0 Å². The number of nitrogens with zero attached hydrogens (tertiary/aromatic N) is 1. The molecule has 0 amide bonds. The Labute approximate surface area is 197 Å². The van der Waals surface area contributed by atoms with Crippen LogP contribution in [-0.2, 0) is 0 Å². The van der Waals surface area contributed by atoms with Gasteiger partial charge in [-0.25, -0.2) is 0 Å². The third-order valence-electron chi connectivity index (χ3n) is 11.4. The van der Waals surface area contributed by atoms with E-state index in [0.29, 0.717) is 22.0 Å². The topological polar surface area (TPSA) is 23.8 Å². The molecule has 0 radical (unpaired) electrons. The molecule has 4 aliphatic carbocycles. The summed E-state index contributed by atoms with van der Waals surface area (Å²) in [5.74, 6) is 7.24. The fourth-order valence-corrected chi connectivity index (χ4v) is 10.6. The summed E-state index contributed by atoms with van der Waals surface area (Å²) in [6, 6.07) is 0. The number of nitriles is 1. The van der Waals surface area contributed by atoms with E-state index in [9.17, 15) is 5.26 Å². The van der Waals surface area contributed by atoms with Crippen LogP contribution in [0.5, 0.6) is 0 Å². The van der Waals surface area contributed by atoms with Crippen LogP contribution in [0.3, 0.4) is 0 Å². The zero-order valence-electron chi connectivity index (χ0n) is 21.3. The summed E-state index contributed by atoms with van der Waals surface area (Å²) in [6.07, 6.45) is 15.9. The minimum absolute atomic E-state index is 0.539. The first-order valence-electron chi connectivity index (χ1n) is 13.8. The average molecular weight is 444 g/mol. The SMILES string of the molecule is CC(C)CCC[C@@H](C)[C@H]1CC[C@H]2[C@@H]3CC[C@H]4C[C@H](SC#N)[C@H](C)C[C@]4(C)[C@H]3CC[C@]12C. The van der Waals surface area contributed by atoms with Crippen molar-refractivity contribution in [3.05, 3.63) is 0 Å². The Balaban J connectivity index is 1.47. The molecule has 4 aliphatic rings. The van der Waals surface area contributed by atoms with Crippen LogP contribution >= 0.6 is 11.8 Å². The van der Waals surface area contributed by atoms with E-state index in [4.69, 9.17) is 0 Å². The highest BCUT2D eigenvalue weighted by atomic mass is 32.2. The summed E-state index contributed by atoms with van der Waals surface area (Å²) in [7, 11) is 0. The lowest BCUT2D eigenvalue weighted by Gasteiger charge is -2.62. The minimum Gasteiger partial charge on any atom is -0.185 e. The molecule has 1 nitrogen and oxygen atoms in total. The van der Waals surface area contributed by atoms with E-state index in [1.165, 1.54) is 70.6 Å². The molecule has 4 fully saturated rings. The van der Waals surface area contributed by atoms with E-state index in [2.05, 4.69) is 46.9 Å². The Morgan fingerprint density at radius 1 is 0.968 bits per heavy atom. The average Bonchev–Trinajstić information content (AvgIpc) is 3.06. The smallest absolute Gasteiger partial charge is 0.133 e. The zero-order chi connectivity index (χ0) is 22.4. The van der Waals surface area contributed by atoms with E-state index in [1.54, 1.807) is 11.8 Å². The molecule has 0 aromatic rings. The van der Waals surface area contributed by atoms with Gasteiger partial charge in [-0.2, -0.15) is 5.26 Å². The molecule has 0 aliphatic heterocycles. The summed E-state index contributed by atoms with van der Waals surface area (Å²) in [5.41, 5.74) is 1.15. The summed E-state index contributed by atoms with van der Waals surface area (Å²) in [6.45, 7) is 15.2. The van der Waals surface area contributed by atoms with Crippen molar-refractivity contribution in [1.82, 2.24) is 0 Å². The van der Waals surface area contributed by atoms with Crippen molar-refractivity contribution in [1.29, 1.82) is 5.26 Å². The molecular formula is C29H49NS. The van der Waals surface area contributed by atoms with Crippen molar-refractivity contribution in [3.8, 4) is 5.40 Å². The molecule has 31 heavy (non-hydrogen) atoms. The van der Waals surface area contributed by atoms with E-state index in [0.717, 1.165) is 41.4 Å². The Hall–Kier alpha value is -0.160. The molecule has 0 saturated heterocycles. The first-order chi connectivity index (χ1) is 14.7. The number of thiocyanates is 1. The molecule has 0 N–H and O–H groups in total. The molecule has 0 heterocycles.